The SMILES string of the molecule is CNCc1ccc(N(C)CC2CCN(C)CC2)c(Cl)c1. The fourth-order valence-electron chi connectivity index (χ4n) is 2.90. The van der Waals surface area contributed by atoms with E-state index in [0.29, 0.717) is 0 Å². The van der Waals surface area contributed by atoms with Gasteiger partial charge in [-0.25, -0.2) is 0 Å². The van der Waals surface area contributed by atoms with Crippen LogP contribution in [0.2, 0.25) is 5.02 Å². The largest absolute Gasteiger partial charge is 0.373 e. The van der Waals surface area contributed by atoms with Crippen molar-refractivity contribution in [3.8, 4) is 0 Å². The Morgan fingerprint density at radius 2 is 2.05 bits per heavy atom. The number of hydrogen-bond acceptors (Lipinski definition) is 3. The molecule has 1 aliphatic rings. The molecule has 0 aliphatic carbocycles. The first-order chi connectivity index (χ1) is 9.60. The number of benzene rings is 1. The van der Waals surface area contributed by atoms with Crippen molar-refractivity contribution < 1.29 is 0 Å². The van der Waals surface area contributed by atoms with Crippen LogP contribution in [-0.4, -0.2) is 45.7 Å². The van der Waals surface area contributed by atoms with E-state index in [0.717, 1.165) is 29.7 Å². The monoisotopic (exact) mass is 295 g/mol. The zero-order valence-corrected chi connectivity index (χ0v) is 13.6. The molecule has 1 aromatic rings. The standard InChI is InChI=1S/C16H26ClN3/c1-18-11-14-4-5-16(15(17)10-14)20(3)12-13-6-8-19(2)9-7-13/h4-5,10,13,18H,6-9,11-12H2,1-3H3. The van der Waals surface area contributed by atoms with Crippen LogP contribution in [0.4, 0.5) is 5.69 Å². The second-order valence-corrected chi connectivity index (χ2v) is 6.35. The summed E-state index contributed by atoms with van der Waals surface area (Å²) < 4.78 is 0. The summed E-state index contributed by atoms with van der Waals surface area (Å²) in [5, 5.41) is 4.01. The molecule has 0 aromatic heterocycles. The van der Waals surface area contributed by atoms with Crippen molar-refractivity contribution in [2.24, 2.45) is 5.92 Å². The summed E-state index contributed by atoms with van der Waals surface area (Å²) in [7, 11) is 6.31. The molecule has 112 valence electrons. The van der Waals surface area contributed by atoms with Crippen molar-refractivity contribution in [1.82, 2.24) is 10.2 Å². The molecule has 4 heteroatoms. The highest BCUT2D eigenvalue weighted by molar-refractivity contribution is 6.33. The van der Waals surface area contributed by atoms with Crippen molar-refractivity contribution in [2.75, 3.05) is 45.7 Å². The molecule has 0 spiro atoms. The van der Waals surface area contributed by atoms with Crippen LogP contribution in [0.3, 0.4) is 0 Å². The van der Waals surface area contributed by atoms with Gasteiger partial charge < -0.3 is 15.1 Å². The minimum Gasteiger partial charge on any atom is -0.373 e. The topological polar surface area (TPSA) is 18.5 Å². The van der Waals surface area contributed by atoms with Gasteiger partial charge in [0.15, 0.2) is 0 Å². The summed E-state index contributed by atoms with van der Waals surface area (Å²) in [5.41, 5.74) is 2.37. The molecule has 0 bridgehead atoms. The molecule has 0 unspecified atom stereocenters. The van der Waals surface area contributed by atoms with Crippen molar-refractivity contribution in [1.29, 1.82) is 0 Å². The molecule has 1 heterocycles. The van der Waals surface area contributed by atoms with Gasteiger partial charge in [0.1, 0.15) is 0 Å². The molecular weight excluding hydrogens is 270 g/mol. The number of nitrogens with zero attached hydrogens (tertiary/aromatic N) is 2. The summed E-state index contributed by atoms with van der Waals surface area (Å²) in [6.07, 6.45) is 2.58. The predicted molar refractivity (Wildman–Crippen MR) is 87.7 cm³/mol. The molecule has 20 heavy (non-hydrogen) atoms. The number of rotatable bonds is 5. The zero-order chi connectivity index (χ0) is 14.5. The van der Waals surface area contributed by atoms with Gasteiger partial charge >= 0.3 is 0 Å². The molecule has 0 amide bonds. The van der Waals surface area contributed by atoms with Crippen LogP contribution in [0, 0.1) is 5.92 Å². The normalized spacial score (nSPS) is 17.4. The summed E-state index contributed by atoms with van der Waals surface area (Å²) in [6, 6.07) is 6.37. The summed E-state index contributed by atoms with van der Waals surface area (Å²) in [5.74, 6) is 0.782. The first kappa shape index (κ1) is 15.6. The van der Waals surface area contributed by atoms with Gasteiger partial charge in [-0.2, -0.15) is 0 Å². The van der Waals surface area contributed by atoms with Gasteiger partial charge in [0, 0.05) is 20.1 Å². The number of piperidine rings is 1. The fraction of sp³-hybridized carbons (Fsp3) is 0.625. The molecule has 0 atom stereocenters. The third-order valence-electron chi connectivity index (χ3n) is 4.17. The fourth-order valence-corrected chi connectivity index (χ4v) is 3.25. The van der Waals surface area contributed by atoms with E-state index in [1.54, 1.807) is 0 Å². The summed E-state index contributed by atoms with van der Waals surface area (Å²) in [4.78, 5) is 4.72. The Bertz CT molecular complexity index is 428. The van der Waals surface area contributed by atoms with Gasteiger partial charge in [0.05, 0.1) is 10.7 Å². The lowest BCUT2D eigenvalue weighted by Crippen LogP contribution is -2.35. The number of anilines is 1. The molecule has 1 N–H and O–H groups in total. The first-order valence-corrected chi connectivity index (χ1v) is 7.80. The van der Waals surface area contributed by atoms with Crippen LogP contribution < -0.4 is 10.2 Å². The van der Waals surface area contributed by atoms with E-state index in [1.807, 2.05) is 7.05 Å². The Hall–Kier alpha value is -0.770. The van der Waals surface area contributed by atoms with E-state index in [-0.39, 0.29) is 0 Å². The Morgan fingerprint density at radius 3 is 2.65 bits per heavy atom. The van der Waals surface area contributed by atoms with Gasteiger partial charge in [-0.15, -0.1) is 0 Å². The van der Waals surface area contributed by atoms with Gasteiger partial charge in [0.2, 0.25) is 0 Å². The Labute approximate surface area is 127 Å². The van der Waals surface area contributed by atoms with E-state index in [4.69, 9.17) is 11.6 Å². The Morgan fingerprint density at radius 1 is 1.35 bits per heavy atom. The quantitative estimate of drug-likeness (QED) is 0.901. The molecule has 2 rings (SSSR count). The lowest BCUT2D eigenvalue weighted by Gasteiger charge is -2.32. The maximum atomic E-state index is 6.42. The van der Waals surface area contributed by atoms with Gasteiger partial charge in [0.25, 0.3) is 0 Å². The molecule has 1 aromatic carbocycles. The van der Waals surface area contributed by atoms with Crippen LogP contribution in [0.5, 0.6) is 0 Å². The maximum absolute atomic E-state index is 6.42. The minimum atomic E-state index is 0.782. The second-order valence-electron chi connectivity index (χ2n) is 5.94. The second kappa shape index (κ2) is 7.30. The van der Waals surface area contributed by atoms with Crippen LogP contribution >= 0.6 is 11.6 Å². The zero-order valence-electron chi connectivity index (χ0n) is 12.8. The van der Waals surface area contributed by atoms with Gasteiger partial charge in [-0.3, -0.25) is 0 Å². The lowest BCUT2D eigenvalue weighted by molar-refractivity contribution is 0.222. The Kier molecular flexibility index (Phi) is 5.70. The molecule has 3 nitrogen and oxygen atoms in total. The van der Waals surface area contributed by atoms with Gasteiger partial charge in [-0.05, 0) is 63.6 Å². The predicted octanol–water partition coefficient (Wildman–Crippen LogP) is 2.84. The summed E-state index contributed by atoms with van der Waals surface area (Å²) in [6.45, 7) is 4.39. The van der Waals surface area contributed by atoms with Crippen molar-refractivity contribution in [2.45, 2.75) is 19.4 Å². The molecule has 1 saturated heterocycles. The first-order valence-electron chi connectivity index (χ1n) is 7.43. The smallest absolute Gasteiger partial charge is 0.0642 e. The average Bonchev–Trinajstić information content (AvgIpc) is 2.42. The lowest BCUT2D eigenvalue weighted by atomic mass is 9.96. The number of halogens is 1. The van der Waals surface area contributed by atoms with Crippen molar-refractivity contribution in [3.63, 3.8) is 0 Å². The van der Waals surface area contributed by atoms with Gasteiger partial charge in [-0.1, -0.05) is 17.7 Å². The number of nitrogens with one attached hydrogen (secondary N) is 1. The third-order valence-corrected chi connectivity index (χ3v) is 4.48. The molecular formula is C16H26ClN3. The highest BCUT2D eigenvalue weighted by atomic mass is 35.5. The van der Waals surface area contributed by atoms with Crippen LogP contribution in [-0.2, 0) is 6.54 Å². The van der Waals surface area contributed by atoms with Crippen LogP contribution in [0.25, 0.3) is 0 Å². The minimum absolute atomic E-state index is 0.782. The van der Waals surface area contributed by atoms with E-state index < -0.39 is 0 Å². The molecule has 1 aliphatic heterocycles. The molecule has 0 radical (unpaired) electrons. The van der Waals surface area contributed by atoms with E-state index in [1.165, 1.54) is 31.5 Å². The summed E-state index contributed by atoms with van der Waals surface area (Å²) >= 11 is 6.42. The average molecular weight is 296 g/mol. The van der Waals surface area contributed by atoms with Crippen molar-refractivity contribution >= 4 is 17.3 Å². The molecule has 0 saturated carbocycles. The van der Waals surface area contributed by atoms with E-state index >= 15 is 0 Å². The van der Waals surface area contributed by atoms with Crippen LogP contribution in [0.1, 0.15) is 18.4 Å². The Balaban J connectivity index is 1.96. The van der Waals surface area contributed by atoms with E-state index in [2.05, 4.69) is 47.4 Å². The highest BCUT2D eigenvalue weighted by Gasteiger charge is 2.19. The highest BCUT2D eigenvalue weighted by Crippen LogP contribution is 2.28. The van der Waals surface area contributed by atoms with Crippen molar-refractivity contribution in [3.05, 3.63) is 28.8 Å². The number of likely N-dealkylation sites (tertiary alicyclic amines) is 1. The van der Waals surface area contributed by atoms with E-state index in [9.17, 15) is 0 Å². The van der Waals surface area contributed by atoms with Crippen LogP contribution in [0.15, 0.2) is 18.2 Å². The number of hydrogen-bond donors (Lipinski definition) is 1. The third kappa shape index (κ3) is 4.11. The maximum Gasteiger partial charge on any atom is 0.0642 e. The molecule has 1 fully saturated rings.